The van der Waals surface area contributed by atoms with Gasteiger partial charge in [-0.05, 0) is 43.0 Å². The van der Waals surface area contributed by atoms with Crippen LogP contribution in [0.5, 0.6) is 11.5 Å². The molecule has 0 saturated heterocycles. The number of aliphatic imine (C=N–C) groups is 1. The number of hydrogen-bond donors (Lipinski definition) is 0. The van der Waals surface area contributed by atoms with Crippen LogP contribution in [0.4, 0.5) is 0 Å². The van der Waals surface area contributed by atoms with Crippen molar-refractivity contribution in [2.75, 3.05) is 13.7 Å². The monoisotopic (exact) mass is 514 g/mol. The van der Waals surface area contributed by atoms with E-state index in [0.29, 0.717) is 29.4 Å². The molecule has 0 unspecified atom stereocenters. The second kappa shape index (κ2) is 9.83. The molecule has 2 aromatic rings. The van der Waals surface area contributed by atoms with Gasteiger partial charge in [0.15, 0.2) is 16.7 Å². The summed E-state index contributed by atoms with van der Waals surface area (Å²) in [7, 11) is 1.61. The maximum absolute atomic E-state index is 13.0. The molecule has 8 heteroatoms. The lowest BCUT2D eigenvalue weighted by Gasteiger charge is -2.34. The van der Waals surface area contributed by atoms with Crippen LogP contribution in [0.3, 0.4) is 0 Å². The van der Waals surface area contributed by atoms with E-state index in [1.807, 2.05) is 65.9 Å². The fraction of sp³-hybridized carbons (Fsp3) is 0.250. The average Bonchev–Trinajstić information content (AvgIpc) is 3.25. The number of thioether (sulfide) groups is 1. The van der Waals surface area contributed by atoms with Crippen LogP contribution >= 0.6 is 27.7 Å². The number of benzene rings is 2. The number of allylic oxidation sites excluding steroid dienone is 1. The number of halogens is 1. The lowest BCUT2D eigenvalue weighted by molar-refractivity contribution is -0.139. The third-order valence-electron chi connectivity index (χ3n) is 5.14. The van der Waals surface area contributed by atoms with Crippen molar-refractivity contribution in [2.24, 2.45) is 4.99 Å². The van der Waals surface area contributed by atoms with E-state index >= 15 is 0 Å². The lowest BCUT2D eigenvalue weighted by Crippen LogP contribution is -2.34. The van der Waals surface area contributed by atoms with E-state index in [1.165, 1.54) is 11.8 Å². The number of hydrogen-bond acceptors (Lipinski definition) is 7. The Bertz CT molecular complexity index is 1110. The molecule has 2 aliphatic heterocycles. The summed E-state index contributed by atoms with van der Waals surface area (Å²) < 4.78 is 18.3. The summed E-state index contributed by atoms with van der Waals surface area (Å²) in [5.41, 5.74) is 2.95. The molecule has 0 radical (unpaired) electrons. The third kappa shape index (κ3) is 4.42. The third-order valence-corrected chi connectivity index (χ3v) is 6.44. The minimum Gasteiger partial charge on any atom is -0.493 e. The Hall–Kier alpha value is -2.71. The van der Waals surface area contributed by atoms with Gasteiger partial charge in [-0.1, -0.05) is 52.0 Å². The van der Waals surface area contributed by atoms with Gasteiger partial charge in [0, 0.05) is 16.2 Å². The Labute approximate surface area is 200 Å². The fourth-order valence-corrected chi connectivity index (χ4v) is 4.73. The molecule has 0 saturated carbocycles. The minimum atomic E-state index is -0.442. The van der Waals surface area contributed by atoms with Crippen molar-refractivity contribution in [1.82, 2.24) is 4.90 Å². The van der Waals surface area contributed by atoms with Crippen LogP contribution in [0.25, 0.3) is 0 Å². The number of fused-ring (bicyclic) bond motifs is 1. The van der Waals surface area contributed by atoms with Crippen molar-refractivity contribution < 1.29 is 19.0 Å². The summed E-state index contributed by atoms with van der Waals surface area (Å²) in [6.07, 6.45) is 1.93. The number of para-hydroxylation sites is 1. The summed E-state index contributed by atoms with van der Waals surface area (Å²) in [5.74, 6) is 0.800. The van der Waals surface area contributed by atoms with Crippen LogP contribution in [0.15, 0.2) is 74.8 Å². The normalized spacial score (nSPS) is 17.2. The summed E-state index contributed by atoms with van der Waals surface area (Å²) >= 11 is 4.97. The first-order valence-electron chi connectivity index (χ1n) is 10.2. The quantitative estimate of drug-likeness (QED) is 0.434. The molecule has 2 heterocycles. The van der Waals surface area contributed by atoms with Gasteiger partial charge in [-0.2, -0.15) is 0 Å². The first-order valence-corrected chi connectivity index (χ1v) is 11.8. The number of carbonyl (C=O) groups excluding carboxylic acids is 1. The van der Waals surface area contributed by atoms with Crippen LogP contribution in [0.2, 0.25) is 0 Å². The first-order chi connectivity index (χ1) is 15.5. The van der Waals surface area contributed by atoms with Crippen LogP contribution in [0, 0.1) is 0 Å². The van der Waals surface area contributed by atoms with E-state index in [4.69, 9.17) is 14.2 Å². The van der Waals surface area contributed by atoms with E-state index in [2.05, 4.69) is 20.9 Å². The highest BCUT2D eigenvalue weighted by molar-refractivity contribution is 9.10. The first kappa shape index (κ1) is 22.5. The van der Waals surface area contributed by atoms with Gasteiger partial charge in [0.05, 0.1) is 31.0 Å². The molecule has 32 heavy (non-hydrogen) atoms. The number of carbonyl (C=O) groups is 1. The predicted octanol–water partition coefficient (Wildman–Crippen LogP) is 5.80. The highest BCUT2D eigenvalue weighted by atomic mass is 79.9. The van der Waals surface area contributed by atoms with Crippen molar-refractivity contribution in [2.45, 2.75) is 26.5 Å². The molecular formula is C24H23BrN2O4S. The highest BCUT2D eigenvalue weighted by Gasteiger charge is 2.39. The van der Waals surface area contributed by atoms with Gasteiger partial charge >= 0.3 is 5.97 Å². The van der Waals surface area contributed by atoms with E-state index in [1.54, 1.807) is 14.0 Å². The lowest BCUT2D eigenvalue weighted by atomic mass is 9.93. The minimum absolute atomic E-state index is 0.286. The zero-order chi connectivity index (χ0) is 22.7. The SMILES string of the molecule is CCOC(=O)C1=C(C)N=C2SC=CN2[C@@H]1c1cccc(OC)c1OCc1ccc(Br)cc1. The second-order valence-electron chi connectivity index (χ2n) is 7.12. The van der Waals surface area contributed by atoms with E-state index in [-0.39, 0.29) is 12.6 Å². The fourth-order valence-electron chi connectivity index (χ4n) is 3.68. The molecule has 4 rings (SSSR count). The summed E-state index contributed by atoms with van der Waals surface area (Å²) in [6.45, 7) is 4.28. The van der Waals surface area contributed by atoms with Crippen molar-refractivity contribution in [3.63, 3.8) is 0 Å². The standard InChI is InChI=1S/C24H23BrN2O4S/c1-4-30-23(28)20-15(2)26-24-27(12-13-32-24)21(20)18-6-5-7-19(29-3)22(18)31-14-16-8-10-17(25)11-9-16/h5-13,21H,4,14H2,1-3H3/t21-/m1/s1. The second-order valence-corrected chi connectivity index (χ2v) is 8.91. The molecule has 0 spiro atoms. The molecule has 2 aromatic carbocycles. The van der Waals surface area contributed by atoms with Gasteiger partial charge in [-0.15, -0.1) is 0 Å². The number of methoxy groups -OCH3 is 1. The maximum atomic E-state index is 13.0. The molecule has 0 aliphatic carbocycles. The molecule has 166 valence electrons. The molecule has 2 aliphatic rings. The Kier molecular flexibility index (Phi) is 6.91. The van der Waals surface area contributed by atoms with E-state index < -0.39 is 6.04 Å². The van der Waals surface area contributed by atoms with Gasteiger partial charge < -0.3 is 19.1 Å². The largest absolute Gasteiger partial charge is 0.493 e. The Morgan fingerprint density at radius 3 is 2.72 bits per heavy atom. The van der Waals surface area contributed by atoms with Crippen molar-refractivity contribution in [3.8, 4) is 11.5 Å². The van der Waals surface area contributed by atoms with Crippen molar-refractivity contribution in [3.05, 3.63) is 80.9 Å². The van der Waals surface area contributed by atoms with Gasteiger partial charge in [-0.25, -0.2) is 9.79 Å². The Balaban J connectivity index is 1.78. The van der Waals surface area contributed by atoms with Gasteiger partial charge in [-0.3, -0.25) is 0 Å². The molecule has 0 N–H and O–H groups in total. The average molecular weight is 515 g/mol. The highest BCUT2D eigenvalue weighted by Crippen LogP contribution is 2.46. The number of ether oxygens (including phenoxy) is 3. The van der Waals surface area contributed by atoms with Crippen LogP contribution in [-0.4, -0.2) is 29.8 Å². The Morgan fingerprint density at radius 1 is 1.22 bits per heavy atom. The van der Waals surface area contributed by atoms with E-state index in [0.717, 1.165) is 20.8 Å². The summed E-state index contributed by atoms with van der Waals surface area (Å²) in [6, 6.07) is 13.2. The smallest absolute Gasteiger partial charge is 0.338 e. The number of esters is 1. The zero-order valence-corrected chi connectivity index (χ0v) is 20.4. The van der Waals surface area contributed by atoms with Gasteiger partial charge in [0.25, 0.3) is 0 Å². The van der Waals surface area contributed by atoms with Crippen LogP contribution < -0.4 is 9.47 Å². The molecule has 0 aromatic heterocycles. The topological polar surface area (TPSA) is 60.4 Å². The van der Waals surface area contributed by atoms with E-state index in [9.17, 15) is 4.79 Å². The molecule has 0 bridgehead atoms. The molecule has 0 amide bonds. The summed E-state index contributed by atoms with van der Waals surface area (Å²) in [4.78, 5) is 19.6. The van der Waals surface area contributed by atoms with Crippen LogP contribution in [0.1, 0.15) is 31.0 Å². The summed E-state index contributed by atoms with van der Waals surface area (Å²) in [5, 5.41) is 2.76. The Morgan fingerprint density at radius 2 is 2.00 bits per heavy atom. The predicted molar refractivity (Wildman–Crippen MR) is 130 cm³/mol. The van der Waals surface area contributed by atoms with Gasteiger partial charge in [0.1, 0.15) is 6.61 Å². The number of nitrogens with zero attached hydrogens (tertiary/aromatic N) is 2. The van der Waals surface area contributed by atoms with Gasteiger partial charge in [0.2, 0.25) is 0 Å². The number of amidine groups is 1. The molecular weight excluding hydrogens is 492 g/mol. The molecule has 0 fully saturated rings. The van der Waals surface area contributed by atoms with Crippen LogP contribution in [-0.2, 0) is 16.1 Å². The molecule has 6 nitrogen and oxygen atoms in total. The zero-order valence-electron chi connectivity index (χ0n) is 18.0. The maximum Gasteiger partial charge on any atom is 0.338 e. The van der Waals surface area contributed by atoms with Crippen molar-refractivity contribution in [1.29, 1.82) is 0 Å². The number of rotatable bonds is 7. The molecule has 1 atom stereocenters. The van der Waals surface area contributed by atoms with Crippen molar-refractivity contribution >= 4 is 38.8 Å².